The Morgan fingerprint density at radius 3 is 2.39 bits per heavy atom. The molecule has 0 fully saturated rings. The van der Waals surface area contributed by atoms with Crippen LogP contribution < -0.4 is 0 Å². The molecule has 0 bridgehead atoms. The lowest BCUT2D eigenvalue weighted by Crippen LogP contribution is -2.05. The Bertz CT molecular complexity index is 728. The van der Waals surface area contributed by atoms with Crippen molar-refractivity contribution >= 4 is 11.0 Å². The molecule has 120 valence electrons. The molecule has 0 unspecified atom stereocenters. The van der Waals surface area contributed by atoms with Crippen LogP contribution in [0.15, 0.2) is 54.6 Å². The van der Waals surface area contributed by atoms with Crippen molar-refractivity contribution < 1.29 is 0 Å². The third-order valence-electron chi connectivity index (χ3n) is 4.42. The molecule has 0 atom stereocenters. The fourth-order valence-electron chi connectivity index (χ4n) is 3.16. The fraction of sp³-hybridized carbons (Fsp3) is 0.381. The standard InChI is InChI=1S/C21H26N2/c1-2-3-4-5-11-16-23-20-15-10-9-14-19(20)22-21(23)17-18-12-7-6-8-13-18/h6-10,12-15H,2-5,11,16-17H2,1H3. The third kappa shape index (κ3) is 4.01. The van der Waals surface area contributed by atoms with E-state index in [4.69, 9.17) is 4.98 Å². The highest BCUT2D eigenvalue weighted by Gasteiger charge is 2.10. The van der Waals surface area contributed by atoms with Crippen molar-refractivity contribution in [2.45, 2.75) is 52.0 Å². The van der Waals surface area contributed by atoms with E-state index in [2.05, 4.69) is 66.1 Å². The second kappa shape index (κ2) is 7.96. The van der Waals surface area contributed by atoms with Crippen molar-refractivity contribution in [2.24, 2.45) is 0 Å². The Morgan fingerprint density at radius 2 is 1.57 bits per heavy atom. The van der Waals surface area contributed by atoms with Gasteiger partial charge in [0.15, 0.2) is 0 Å². The highest BCUT2D eigenvalue weighted by Crippen LogP contribution is 2.19. The van der Waals surface area contributed by atoms with Crippen molar-refractivity contribution in [3.63, 3.8) is 0 Å². The van der Waals surface area contributed by atoms with Gasteiger partial charge < -0.3 is 4.57 Å². The van der Waals surface area contributed by atoms with Gasteiger partial charge in [0, 0.05) is 13.0 Å². The maximum Gasteiger partial charge on any atom is 0.114 e. The number of aryl methyl sites for hydroxylation is 1. The van der Waals surface area contributed by atoms with Gasteiger partial charge in [-0.1, -0.05) is 75.1 Å². The number of nitrogens with zero attached hydrogens (tertiary/aromatic N) is 2. The minimum Gasteiger partial charge on any atom is -0.328 e. The first-order valence-corrected chi connectivity index (χ1v) is 8.86. The van der Waals surface area contributed by atoms with Crippen LogP contribution in [0.2, 0.25) is 0 Å². The zero-order chi connectivity index (χ0) is 15.9. The summed E-state index contributed by atoms with van der Waals surface area (Å²) in [6.07, 6.45) is 7.45. The van der Waals surface area contributed by atoms with Crippen molar-refractivity contribution in [2.75, 3.05) is 0 Å². The Kier molecular flexibility index (Phi) is 5.46. The van der Waals surface area contributed by atoms with Gasteiger partial charge in [-0.3, -0.25) is 0 Å². The smallest absolute Gasteiger partial charge is 0.114 e. The predicted octanol–water partition coefficient (Wildman–Crippen LogP) is 5.60. The number of rotatable bonds is 8. The van der Waals surface area contributed by atoms with Gasteiger partial charge in [0.05, 0.1) is 11.0 Å². The van der Waals surface area contributed by atoms with Gasteiger partial charge in [0.25, 0.3) is 0 Å². The van der Waals surface area contributed by atoms with Gasteiger partial charge in [-0.25, -0.2) is 4.98 Å². The summed E-state index contributed by atoms with van der Waals surface area (Å²) < 4.78 is 2.42. The number of fused-ring (bicyclic) bond motifs is 1. The Morgan fingerprint density at radius 1 is 0.826 bits per heavy atom. The molecule has 0 aliphatic carbocycles. The molecule has 1 heterocycles. The Labute approximate surface area is 139 Å². The van der Waals surface area contributed by atoms with Gasteiger partial charge in [-0.05, 0) is 24.1 Å². The van der Waals surface area contributed by atoms with Crippen LogP contribution >= 0.6 is 0 Å². The molecule has 0 saturated carbocycles. The molecule has 3 rings (SSSR count). The molecule has 23 heavy (non-hydrogen) atoms. The van der Waals surface area contributed by atoms with E-state index in [9.17, 15) is 0 Å². The summed E-state index contributed by atoms with van der Waals surface area (Å²) in [7, 11) is 0. The van der Waals surface area contributed by atoms with E-state index < -0.39 is 0 Å². The number of para-hydroxylation sites is 2. The molecule has 0 aliphatic rings. The fourth-order valence-corrected chi connectivity index (χ4v) is 3.16. The minimum absolute atomic E-state index is 0.907. The first kappa shape index (κ1) is 15.8. The highest BCUT2D eigenvalue weighted by molar-refractivity contribution is 5.76. The number of benzene rings is 2. The first-order chi connectivity index (χ1) is 11.4. The molecule has 1 aromatic heterocycles. The summed E-state index contributed by atoms with van der Waals surface area (Å²) in [6.45, 7) is 3.34. The largest absolute Gasteiger partial charge is 0.328 e. The number of hydrogen-bond acceptors (Lipinski definition) is 1. The molecule has 2 aromatic carbocycles. The van der Waals surface area contributed by atoms with E-state index in [1.807, 2.05) is 0 Å². The van der Waals surface area contributed by atoms with Crippen LogP contribution in [0.5, 0.6) is 0 Å². The SMILES string of the molecule is CCCCCCCn1c(Cc2ccccc2)nc2ccccc21. The lowest BCUT2D eigenvalue weighted by atomic mass is 10.1. The summed E-state index contributed by atoms with van der Waals surface area (Å²) in [5, 5.41) is 0. The summed E-state index contributed by atoms with van der Waals surface area (Å²) in [6, 6.07) is 19.2. The van der Waals surface area contributed by atoms with E-state index in [0.717, 1.165) is 18.5 Å². The molecular weight excluding hydrogens is 280 g/mol. The number of unbranched alkanes of at least 4 members (excludes halogenated alkanes) is 4. The molecule has 0 spiro atoms. The molecule has 2 heteroatoms. The zero-order valence-corrected chi connectivity index (χ0v) is 14.0. The molecule has 3 aromatic rings. The molecule has 0 amide bonds. The second-order valence-corrected chi connectivity index (χ2v) is 6.24. The average Bonchev–Trinajstić information content (AvgIpc) is 2.93. The van der Waals surface area contributed by atoms with Crippen LogP contribution in [0.3, 0.4) is 0 Å². The third-order valence-corrected chi connectivity index (χ3v) is 4.42. The summed E-state index contributed by atoms with van der Waals surface area (Å²) in [5.41, 5.74) is 3.72. The van der Waals surface area contributed by atoms with Crippen molar-refractivity contribution in [3.05, 3.63) is 66.0 Å². The number of imidazole rings is 1. The quantitative estimate of drug-likeness (QED) is 0.495. The van der Waals surface area contributed by atoms with Gasteiger partial charge in [0.1, 0.15) is 5.82 Å². The van der Waals surface area contributed by atoms with Gasteiger partial charge in [-0.2, -0.15) is 0 Å². The molecule has 0 aliphatic heterocycles. The van der Waals surface area contributed by atoms with Gasteiger partial charge >= 0.3 is 0 Å². The normalized spacial score (nSPS) is 11.2. The van der Waals surface area contributed by atoms with E-state index in [0.29, 0.717) is 0 Å². The lowest BCUT2D eigenvalue weighted by Gasteiger charge is -2.09. The van der Waals surface area contributed by atoms with Crippen LogP contribution in [-0.4, -0.2) is 9.55 Å². The van der Waals surface area contributed by atoms with E-state index >= 15 is 0 Å². The number of aromatic nitrogens is 2. The second-order valence-electron chi connectivity index (χ2n) is 6.24. The van der Waals surface area contributed by atoms with Crippen molar-refractivity contribution in [1.29, 1.82) is 0 Å². The predicted molar refractivity (Wildman–Crippen MR) is 97.7 cm³/mol. The van der Waals surface area contributed by atoms with Crippen LogP contribution in [0, 0.1) is 0 Å². The Hall–Kier alpha value is -2.09. The number of hydrogen-bond donors (Lipinski definition) is 0. The van der Waals surface area contributed by atoms with Crippen molar-refractivity contribution in [1.82, 2.24) is 9.55 Å². The molecule has 0 N–H and O–H groups in total. The zero-order valence-electron chi connectivity index (χ0n) is 14.0. The van der Waals surface area contributed by atoms with Crippen LogP contribution in [0.4, 0.5) is 0 Å². The average molecular weight is 306 g/mol. The van der Waals surface area contributed by atoms with E-state index in [1.165, 1.54) is 49.0 Å². The molecule has 0 radical (unpaired) electrons. The van der Waals surface area contributed by atoms with Crippen LogP contribution in [-0.2, 0) is 13.0 Å². The maximum atomic E-state index is 4.89. The molecular formula is C21H26N2. The topological polar surface area (TPSA) is 17.8 Å². The lowest BCUT2D eigenvalue weighted by molar-refractivity contribution is 0.565. The monoisotopic (exact) mass is 306 g/mol. The van der Waals surface area contributed by atoms with Gasteiger partial charge in [0.2, 0.25) is 0 Å². The van der Waals surface area contributed by atoms with Crippen LogP contribution in [0.1, 0.15) is 50.4 Å². The summed E-state index contributed by atoms with van der Waals surface area (Å²) >= 11 is 0. The maximum absolute atomic E-state index is 4.89. The van der Waals surface area contributed by atoms with E-state index in [1.54, 1.807) is 0 Å². The van der Waals surface area contributed by atoms with Gasteiger partial charge in [-0.15, -0.1) is 0 Å². The van der Waals surface area contributed by atoms with Crippen molar-refractivity contribution in [3.8, 4) is 0 Å². The Balaban J connectivity index is 1.80. The van der Waals surface area contributed by atoms with E-state index in [-0.39, 0.29) is 0 Å². The molecule has 0 saturated heterocycles. The summed E-state index contributed by atoms with van der Waals surface area (Å²) in [5.74, 6) is 1.19. The summed E-state index contributed by atoms with van der Waals surface area (Å²) in [4.78, 5) is 4.89. The van der Waals surface area contributed by atoms with Crippen LogP contribution in [0.25, 0.3) is 11.0 Å². The minimum atomic E-state index is 0.907. The molecule has 2 nitrogen and oxygen atoms in total. The highest BCUT2D eigenvalue weighted by atomic mass is 15.1. The first-order valence-electron chi connectivity index (χ1n) is 8.86.